The van der Waals surface area contributed by atoms with Gasteiger partial charge in [-0.15, -0.1) is 24.8 Å². The zero-order chi connectivity index (χ0) is 16.4. The second-order valence-electron chi connectivity index (χ2n) is 6.50. The van der Waals surface area contributed by atoms with Gasteiger partial charge in [-0.25, -0.2) is 8.42 Å². The third kappa shape index (κ3) is 4.83. The summed E-state index contributed by atoms with van der Waals surface area (Å²) < 4.78 is 27.8. The summed E-state index contributed by atoms with van der Waals surface area (Å²) in [6.07, 6.45) is 4.32. The van der Waals surface area contributed by atoms with Crippen molar-refractivity contribution in [2.75, 3.05) is 19.6 Å². The minimum Gasteiger partial charge on any atom is -0.311 e. The van der Waals surface area contributed by atoms with Gasteiger partial charge in [-0.2, -0.15) is 4.31 Å². The van der Waals surface area contributed by atoms with E-state index >= 15 is 0 Å². The van der Waals surface area contributed by atoms with E-state index in [4.69, 9.17) is 0 Å². The number of aromatic nitrogens is 1. The maximum absolute atomic E-state index is 13.1. The summed E-state index contributed by atoms with van der Waals surface area (Å²) in [4.78, 5) is 4.45. The van der Waals surface area contributed by atoms with Crippen molar-refractivity contribution >= 4 is 45.6 Å². The second-order valence-corrected chi connectivity index (χ2v) is 8.40. The van der Waals surface area contributed by atoms with Crippen molar-refractivity contribution in [3.05, 3.63) is 36.7 Å². The van der Waals surface area contributed by atoms with Gasteiger partial charge in [0.25, 0.3) is 0 Å². The van der Waals surface area contributed by atoms with Crippen LogP contribution in [0.25, 0.3) is 10.8 Å². The molecule has 1 N–H and O–H groups in total. The van der Waals surface area contributed by atoms with Crippen LogP contribution in [0.1, 0.15) is 20.3 Å². The molecule has 0 bridgehead atoms. The number of fused-ring (bicyclic) bond motifs is 1. The van der Waals surface area contributed by atoms with E-state index in [2.05, 4.69) is 24.1 Å². The van der Waals surface area contributed by atoms with Crippen LogP contribution in [0.4, 0.5) is 0 Å². The number of halogens is 2. The Labute approximate surface area is 162 Å². The van der Waals surface area contributed by atoms with E-state index in [0.29, 0.717) is 30.4 Å². The van der Waals surface area contributed by atoms with Gasteiger partial charge in [0.2, 0.25) is 10.0 Å². The van der Waals surface area contributed by atoms with Crippen molar-refractivity contribution in [2.24, 2.45) is 5.92 Å². The number of sulfonamides is 1. The normalized spacial score (nSPS) is 18.6. The fourth-order valence-corrected chi connectivity index (χ4v) is 4.90. The topological polar surface area (TPSA) is 62.3 Å². The van der Waals surface area contributed by atoms with Gasteiger partial charge in [0.05, 0.1) is 4.90 Å². The van der Waals surface area contributed by atoms with Gasteiger partial charge in [0.1, 0.15) is 0 Å². The lowest BCUT2D eigenvalue weighted by molar-refractivity contribution is 0.272. The van der Waals surface area contributed by atoms with E-state index in [1.54, 1.807) is 34.9 Å². The van der Waals surface area contributed by atoms with Crippen LogP contribution in [0.15, 0.2) is 41.6 Å². The number of nitrogens with zero attached hydrogens (tertiary/aromatic N) is 2. The SMILES string of the molecule is CC(C)C[C@@H]1CN(S(=O)(=O)c2cccc3cnccc23)CCN1.Cl.Cl. The molecule has 0 saturated carbocycles. The molecule has 8 heteroatoms. The summed E-state index contributed by atoms with van der Waals surface area (Å²) >= 11 is 0. The molecule has 1 aromatic carbocycles. The third-order valence-electron chi connectivity index (χ3n) is 4.23. The monoisotopic (exact) mass is 405 g/mol. The average Bonchev–Trinajstić information content (AvgIpc) is 2.54. The Hall–Kier alpha value is -0.920. The highest BCUT2D eigenvalue weighted by atomic mass is 35.5. The summed E-state index contributed by atoms with van der Waals surface area (Å²) in [5, 5.41) is 5.01. The fourth-order valence-electron chi connectivity index (χ4n) is 3.20. The highest BCUT2D eigenvalue weighted by Crippen LogP contribution is 2.26. The summed E-state index contributed by atoms with van der Waals surface area (Å²) in [6.45, 7) is 6.06. The summed E-state index contributed by atoms with van der Waals surface area (Å²) in [6, 6.07) is 7.36. The molecule has 0 amide bonds. The van der Waals surface area contributed by atoms with Crippen molar-refractivity contribution in [3.63, 3.8) is 0 Å². The lowest BCUT2D eigenvalue weighted by Gasteiger charge is -2.34. The largest absolute Gasteiger partial charge is 0.311 e. The highest BCUT2D eigenvalue weighted by Gasteiger charge is 2.31. The van der Waals surface area contributed by atoms with E-state index in [-0.39, 0.29) is 30.9 Å². The quantitative estimate of drug-likeness (QED) is 0.848. The Balaban J connectivity index is 0.00000156. The number of rotatable bonds is 4. The minimum atomic E-state index is -3.49. The number of hydrogen-bond acceptors (Lipinski definition) is 4. The molecule has 1 atom stereocenters. The molecular weight excluding hydrogens is 381 g/mol. The van der Waals surface area contributed by atoms with Crippen molar-refractivity contribution in [1.82, 2.24) is 14.6 Å². The number of benzene rings is 1. The number of pyridine rings is 1. The van der Waals surface area contributed by atoms with E-state index < -0.39 is 10.0 Å². The predicted molar refractivity (Wildman–Crippen MR) is 106 cm³/mol. The highest BCUT2D eigenvalue weighted by molar-refractivity contribution is 7.89. The molecule has 1 saturated heterocycles. The number of piperazine rings is 1. The molecule has 0 radical (unpaired) electrons. The smallest absolute Gasteiger partial charge is 0.243 e. The van der Waals surface area contributed by atoms with Crippen LogP contribution in [0.5, 0.6) is 0 Å². The van der Waals surface area contributed by atoms with E-state index in [1.165, 1.54) is 0 Å². The molecule has 2 heterocycles. The first-order valence-corrected chi connectivity index (χ1v) is 9.49. The van der Waals surface area contributed by atoms with Crippen molar-refractivity contribution in [2.45, 2.75) is 31.2 Å². The van der Waals surface area contributed by atoms with Gasteiger partial charge in [-0.3, -0.25) is 4.98 Å². The van der Waals surface area contributed by atoms with Crippen molar-refractivity contribution in [1.29, 1.82) is 0 Å². The maximum Gasteiger partial charge on any atom is 0.243 e. The Morgan fingerprint density at radius 2 is 2.04 bits per heavy atom. The molecule has 0 aliphatic carbocycles. The van der Waals surface area contributed by atoms with Gasteiger partial charge in [-0.1, -0.05) is 26.0 Å². The van der Waals surface area contributed by atoms with Gasteiger partial charge in [0.15, 0.2) is 0 Å². The summed E-state index contributed by atoms with van der Waals surface area (Å²) in [7, 11) is -3.49. The molecule has 1 aromatic heterocycles. The Kier molecular flexibility index (Phi) is 8.09. The van der Waals surface area contributed by atoms with Crippen LogP contribution in [0, 0.1) is 5.92 Å². The standard InChI is InChI=1S/C17H23N3O2S.2ClH/c1-13(2)10-15-12-20(9-8-19-15)23(21,22)17-5-3-4-14-11-18-7-6-16(14)17;;/h3-7,11,13,15,19H,8-10,12H2,1-2H3;2*1H/t15-;;/m1../s1. The van der Waals surface area contributed by atoms with Crippen molar-refractivity contribution < 1.29 is 8.42 Å². The molecule has 140 valence electrons. The lowest BCUT2D eigenvalue weighted by Crippen LogP contribution is -2.52. The van der Waals surface area contributed by atoms with Crippen LogP contribution in [0.2, 0.25) is 0 Å². The molecule has 0 spiro atoms. The first-order valence-electron chi connectivity index (χ1n) is 8.05. The predicted octanol–water partition coefficient (Wildman–Crippen LogP) is 3.09. The zero-order valence-electron chi connectivity index (χ0n) is 14.4. The molecule has 25 heavy (non-hydrogen) atoms. The first kappa shape index (κ1) is 22.1. The lowest BCUT2D eigenvalue weighted by atomic mass is 10.0. The molecule has 2 aromatic rings. The Bertz CT molecular complexity index is 794. The number of hydrogen-bond donors (Lipinski definition) is 1. The van der Waals surface area contributed by atoms with Crippen LogP contribution in [-0.2, 0) is 10.0 Å². The van der Waals surface area contributed by atoms with Crippen LogP contribution in [-0.4, -0.2) is 43.4 Å². The van der Waals surface area contributed by atoms with Crippen LogP contribution in [0.3, 0.4) is 0 Å². The van der Waals surface area contributed by atoms with E-state index in [0.717, 1.165) is 17.2 Å². The maximum atomic E-state index is 13.1. The van der Waals surface area contributed by atoms with E-state index in [1.807, 2.05) is 6.07 Å². The van der Waals surface area contributed by atoms with Gasteiger partial charge in [0, 0.05) is 48.8 Å². The molecule has 3 rings (SSSR count). The molecule has 1 fully saturated rings. The second kappa shape index (κ2) is 9.14. The van der Waals surface area contributed by atoms with Gasteiger partial charge < -0.3 is 5.32 Å². The molecule has 1 aliphatic rings. The van der Waals surface area contributed by atoms with Gasteiger partial charge in [-0.05, 0) is 24.5 Å². The fraction of sp³-hybridized carbons (Fsp3) is 0.471. The minimum absolute atomic E-state index is 0. The third-order valence-corrected chi connectivity index (χ3v) is 6.16. The molecule has 0 unspecified atom stereocenters. The van der Waals surface area contributed by atoms with Gasteiger partial charge >= 0.3 is 0 Å². The molecule has 1 aliphatic heterocycles. The summed E-state index contributed by atoms with van der Waals surface area (Å²) in [5.41, 5.74) is 0. The first-order chi connectivity index (χ1) is 11.0. The van der Waals surface area contributed by atoms with Crippen molar-refractivity contribution in [3.8, 4) is 0 Å². The van der Waals surface area contributed by atoms with Crippen LogP contribution >= 0.6 is 24.8 Å². The zero-order valence-corrected chi connectivity index (χ0v) is 16.8. The summed E-state index contributed by atoms with van der Waals surface area (Å²) in [5.74, 6) is 0.541. The molecular formula is C17H25Cl2N3O2S. The van der Waals surface area contributed by atoms with Crippen LogP contribution < -0.4 is 5.32 Å². The Morgan fingerprint density at radius 1 is 1.28 bits per heavy atom. The number of nitrogens with one attached hydrogen (secondary N) is 1. The van der Waals surface area contributed by atoms with E-state index in [9.17, 15) is 8.42 Å². The average molecular weight is 406 g/mol. The Morgan fingerprint density at radius 3 is 2.76 bits per heavy atom. The molecule has 5 nitrogen and oxygen atoms in total.